The second kappa shape index (κ2) is 6.69. The van der Waals surface area contributed by atoms with E-state index in [1.165, 1.54) is 0 Å². The first-order valence-electron chi connectivity index (χ1n) is 8.10. The minimum Gasteiger partial charge on any atom is -0.462 e. The van der Waals surface area contributed by atoms with Crippen LogP contribution in [0.25, 0.3) is 0 Å². The van der Waals surface area contributed by atoms with Gasteiger partial charge in [-0.15, -0.1) is 0 Å². The standard InChI is InChI=1S/C16H16BF9O3/c1-11(2)12(3,4)29-17(28-11)9-5-7-10(8-6-9)27-13(14(18,19)20,15(21,22)23)16(24,25)26/h5-8H,1-4H3. The first-order valence-corrected chi connectivity index (χ1v) is 8.10. The highest BCUT2D eigenvalue weighted by Crippen LogP contribution is 2.54. The second-order valence-electron chi connectivity index (χ2n) is 7.43. The molecule has 2 rings (SSSR count). The molecule has 0 N–H and O–H groups in total. The Labute approximate surface area is 160 Å². The number of ether oxygens (including phenoxy) is 1. The van der Waals surface area contributed by atoms with Gasteiger partial charge in [0.1, 0.15) is 5.75 Å². The zero-order valence-electron chi connectivity index (χ0n) is 15.5. The van der Waals surface area contributed by atoms with Crippen molar-refractivity contribution in [1.82, 2.24) is 0 Å². The van der Waals surface area contributed by atoms with Crippen molar-refractivity contribution in [3.63, 3.8) is 0 Å². The van der Waals surface area contributed by atoms with Crippen LogP contribution >= 0.6 is 0 Å². The third-order valence-electron chi connectivity index (χ3n) is 4.87. The lowest BCUT2D eigenvalue weighted by molar-refractivity contribution is -0.436. The van der Waals surface area contributed by atoms with Crippen LogP contribution < -0.4 is 10.2 Å². The first-order chi connectivity index (χ1) is 12.8. The van der Waals surface area contributed by atoms with E-state index in [4.69, 9.17) is 9.31 Å². The predicted molar refractivity (Wildman–Crippen MR) is 83.7 cm³/mol. The van der Waals surface area contributed by atoms with E-state index in [0.29, 0.717) is 12.1 Å². The third kappa shape index (κ3) is 3.90. The molecule has 0 radical (unpaired) electrons. The zero-order valence-corrected chi connectivity index (χ0v) is 15.5. The fourth-order valence-corrected chi connectivity index (χ4v) is 2.50. The summed E-state index contributed by atoms with van der Waals surface area (Å²) in [6.07, 6.45) is -20.4. The van der Waals surface area contributed by atoms with Crippen molar-refractivity contribution in [3.05, 3.63) is 24.3 Å². The Hall–Kier alpha value is -1.63. The Morgan fingerprint density at radius 2 is 1.03 bits per heavy atom. The Bertz CT molecular complexity index is 684. The molecule has 0 spiro atoms. The van der Waals surface area contributed by atoms with Crippen LogP contribution in [-0.4, -0.2) is 42.5 Å². The number of alkyl halides is 9. The molecule has 0 bridgehead atoms. The summed E-state index contributed by atoms with van der Waals surface area (Å²) in [5.74, 6) is -1.28. The van der Waals surface area contributed by atoms with Crippen molar-refractivity contribution in [2.75, 3.05) is 0 Å². The Kier molecular flexibility index (Phi) is 5.46. The highest BCUT2D eigenvalue weighted by Gasteiger charge is 2.87. The molecule has 164 valence electrons. The van der Waals surface area contributed by atoms with Crippen LogP contribution in [0.5, 0.6) is 5.75 Å². The average Bonchev–Trinajstić information content (AvgIpc) is 2.69. The summed E-state index contributed by atoms with van der Waals surface area (Å²) in [6, 6.07) is 3.04. The second-order valence-corrected chi connectivity index (χ2v) is 7.43. The number of hydrogen-bond donors (Lipinski definition) is 0. The molecule has 1 aromatic rings. The third-order valence-corrected chi connectivity index (χ3v) is 4.87. The molecule has 0 saturated carbocycles. The number of rotatable bonds is 3. The number of halogens is 9. The Morgan fingerprint density at radius 3 is 1.34 bits per heavy atom. The maximum absolute atomic E-state index is 12.9. The smallest absolute Gasteiger partial charge is 0.462 e. The van der Waals surface area contributed by atoms with Crippen LogP contribution in [0.1, 0.15) is 27.7 Å². The van der Waals surface area contributed by atoms with Gasteiger partial charge in [0.15, 0.2) is 0 Å². The van der Waals surface area contributed by atoms with Crippen molar-refractivity contribution >= 4 is 12.6 Å². The quantitative estimate of drug-likeness (QED) is 0.502. The van der Waals surface area contributed by atoms with E-state index < -0.39 is 48.2 Å². The minimum atomic E-state index is -6.81. The lowest BCUT2D eigenvalue weighted by Crippen LogP contribution is -2.69. The van der Waals surface area contributed by atoms with Gasteiger partial charge in [-0.3, -0.25) is 0 Å². The molecule has 3 nitrogen and oxygen atoms in total. The van der Waals surface area contributed by atoms with E-state index >= 15 is 0 Å². The van der Waals surface area contributed by atoms with E-state index in [9.17, 15) is 39.5 Å². The molecule has 1 aromatic carbocycles. The maximum atomic E-state index is 12.9. The molecule has 0 atom stereocenters. The van der Waals surface area contributed by atoms with Gasteiger partial charge in [-0.05, 0) is 45.3 Å². The van der Waals surface area contributed by atoms with Crippen molar-refractivity contribution in [3.8, 4) is 5.75 Å². The van der Waals surface area contributed by atoms with Gasteiger partial charge in [0.2, 0.25) is 0 Å². The highest BCUT2D eigenvalue weighted by molar-refractivity contribution is 6.62. The molecule has 13 heteroatoms. The van der Waals surface area contributed by atoms with Crippen LogP contribution in [0.2, 0.25) is 0 Å². The molecule has 29 heavy (non-hydrogen) atoms. The minimum absolute atomic E-state index is 0.174. The van der Waals surface area contributed by atoms with Gasteiger partial charge in [-0.1, -0.05) is 12.1 Å². The first kappa shape index (κ1) is 23.7. The number of hydrogen-bond acceptors (Lipinski definition) is 3. The molecule has 1 heterocycles. The van der Waals surface area contributed by atoms with E-state index in [2.05, 4.69) is 4.74 Å². The van der Waals surface area contributed by atoms with Gasteiger partial charge >= 0.3 is 31.2 Å². The molecular weight excluding hydrogens is 422 g/mol. The average molecular weight is 438 g/mol. The summed E-state index contributed by atoms with van der Waals surface area (Å²) in [5.41, 5.74) is -7.78. The van der Waals surface area contributed by atoms with Crippen LogP contribution in [0, 0.1) is 0 Å². The summed E-state index contributed by atoms with van der Waals surface area (Å²) in [6.45, 7) is 6.81. The fraction of sp³-hybridized carbons (Fsp3) is 0.625. The Morgan fingerprint density at radius 1 is 0.690 bits per heavy atom. The monoisotopic (exact) mass is 438 g/mol. The van der Waals surface area contributed by atoms with E-state index in [0.717, 1.165) is 12.1 Å². The molecule has 1 aliphatic heterocycles. The largest absolute Gasteiger partial charge is 0.494 e. The molecule has 1 saturated heterocycles. The van der Waals surface area contributed by atoms with E-state index in [-0.39, 0.29) is 5.46 Å². The lowest BCUT2D eigenvalue weighted by Gasteiger charge is -2.38. The molecule has 0 amide bonds. The molecule has 1 aliphatic rings. The summed E-state index contributed by atoms with van der Waals surface area (Å²) < 4.78 is 131. The normalized spacial score (nSPS) is 20.1. The fourth-order valence-electron chi connectivity index (χ4n) is 2.50. The van der Waals surface area contributed by atoms with Crippen LogP contribution in [0.15, 0.2) is 24.3 Å². The van der Waals surface area contributed by atoms with Gasteiger partial charge in [0.25, 0.3) is 0 Å². The molecule has 0 unspecified atom stereocenters. The van der Waals surface area contributed by atoms with Crippen LogP contribution in [-0.2, 0) is 9.31 Å². The Balaban J connectivity index is 2.38. The van der Waals surface area contributed by atoms with Gasteiger partial charge in [-0.25, -0.2) is 0 Å². The molecule has 0 aliphatic carbocycles. The number of benzene rings is 1. The highest BCUT2D eigenvalue weighted by atomic mass is 19.4. The molecule has 1 fully saturated rings. The zero-order chi connectivity index (χ0) is 22.7. The summed E-state index contributed by atoms with van der Waals surface area (Å²) in [4.78, 5) is 0. The maximum Gasteiger partial charge on any atom is 0.494 e. The van der Waals surface area contributed by atoms with Crippen molar-refractivity contribution in [2.24, 2.45) is 0 Å². The molecular formula is C16H16BF9O3. The van der Waals surface area contributed by atoms with Crippen molar-refractivity contribution in [1.29, 1.82) is 0 Å². The van der Waals surface area contributed by atoms with E-state index in [1.54, 1.807) is 27.7 Å². The molecule has 0 aromatic heterocycles. The van der Waals surface area contributed by atoms with E-state index in [1.807, 2.05) is 0 Å². The predicted octanol–water partition coefficient (Wildman–Crippen LogP) is 4.79. The van der Waals surface area contributed by atoms with Crippen LogP contribution in [0.3, 0.4) is 0 Å². The van der Waals surface area contributed by atoms with Crippen molar-refractivity contribution in [2.45, 2.75) is 63.0 Å². The lowest BCUT2D eigenvalue weighted by atomic mass is 9.79. The summed E-state index contributed by atoms with van der Waals surface area (Å²) in [7, 11) is -1.02. The summed E-state index contributed by atoms with van der Waals surface area (Å²) in [5, 5.41) is 0. The van der Waals surface area contributed by atoms with Crippen LogP contribution in [0.4, 0.5) is 39.5 Å². The van der Waals surface area contributed by atoms with Gasteiger partial charge in [-0.2, -0.15) is 39.5 Å². The summed E-state index contributed by atoms with van der Waals surface area (Å²) >= 11 is 0. The van der Waals surface area contributed by atoms with Gasteiger partial charge in [0.05, 0.1) is 11.2 Å². The topological polar surface area (TPSA) is 27.7 Å². The SMILES string of the molecule is CC1(C)OB(c2ccc(OC(C(F)(F)F)(C(F)(F)F)C(F)(F)F)cc2)OC1(C)C. The van der Waals surface area contributed by atoms with Gasteiger partial charge < -0.3 is 14.0 Å². The van der Waals surface area contributed by atoms with Gasteiger partial charge in [0, 0.05) is 0 Å². The van der Waals surface area contributed by atoms with Crippen molar-refractivity contribution < 1.29 is 53.6 Å².